The summed E-state index contributed by atoms with van der Waals surface area (Å²) in [7, 11) is 6.94. The van der Waals surface area contributed by atoms with E-state index in [0.717, 1.165) is 11.3 Å². The number of carboxylic acid groups (broad SMARTS) is 1. The van der Waals surface area contributed by atoms with E-state index < -0.39 is 29.3 Å². The summed E-state index contributed by atoms with van der Waals surface area (Å²) in [5, 5.41) is 7.31. The quantitative estimate of drug-likeness (QED) is 0.158. The monoisotopic (exact) mass is 744 g/mol. The Hall–Kier alpha value is -4.40. The lowest BCUT2D eigenvalue weighted by Gasteiger charge is -2.28. The molecule has 0 fully saturated rings. The van der Waals surface area contributed by atoms with Crippen LogP contribution < -0.4 is 9.47 Å². The summed E-state index contributed by atoms with van der Waals surface area (Å²) in [6, 6.07) is 14.4. The molecule has 1 aromatic heterocycles. The molecule has 1 amide bonds. The van der Waals surface area contributed by atoms with E-state index in [4.69, 9.17) is 42.6 Å². The van der Waals surface area contributed by atoms with Gasteiger partial charge in [-0.15, -0.1) is 0 Å². The van der Waals surface area contributed by atoms with Gasteiger partial charge in [0.25, 0.3) is 5.91 Å². The van der Waals surface area contributed by atoms with Gasteiger partial charge >= 0.3 is 12.1 Å². The molecule has 270 valence electrons. The fourth-order valence-corrected chi connectivity index (χ4v) is 5.03. The number of methoxy groups -OCH3 is 1. The number of alkyl halides is 3. The summed E-state index contributed by atoms with van der Waals surface area (Å²) >= 11 is 12.6. The summed E-state index contributed by atoms with van der Waals surface area (Å²) in [6.45, 7) is 5.01. The van der Waals surface area contributed by atoms with Crippen LogP contribution in [0.3, 0.4) is 0 Å². The number of ether oxygens (including phenoxy) is 2. The van der Waals surface area contributed by atoms with Crippen LogP contribution in [0, 0.1) is 11.6 Å². The highest BCUT2D eigenvalue weighted by atomic mass is 35.5. The second-order valence-corrected chi connectivity index (χ2v) is 12.5. The van der Waals surface area contributed by atoms with Crippen molar-refractivity contribution >= 4 is 35.1 Å². The number of nitrogens with zero attached hydrogens (tertiary/aromatic N) is 4. The number of aliphatic carboxylic acids is 1. The Morgan fingerprint density at radius 1 is 0.940 bits per heavy atom. The van der Waals surface area contributed by atoms with E-state index in [0.29, 0.717) is 35.4 Å². The topological polar surface area (TPSA) is 97.1 Å². The molecule has 50 heavy (non-hydrogen) atoms. The van der Waals surface area contributed by atoms with E-state index >= 15 is 4.39 Å². The third-order valence-corrected chi connectivity index (χ3v) is 8.20. The van der Waals surface area contributed by atoms with Crippen molar-refractivity contribution in [1.29, 1.82) is 0 Å². The van der Waals surface area contributed by atoms with E-state index in [1.807, 2.05) is 49.5 Å². The van der Waals surface area contributed by atoms with Crippen LogP contribution in [0.1, 0.15) is 41.3 Å². The number of carbonyl (C=O) groups is 2. The minimum atomic E-state index is -5.08. The molecule has 0 aliphatic rings. The molecule has 1 N–H and O–H groups in total. The fourth-order valence-electron chi connectivity index (χ4n) is 4.62. The maximum Gasteiger partial charge on any atom is 0.490 e. The Balaban J connectivity index is 0.000000872. The zero-order chi connectivity index (χ0) is 37.6. The van der Waals surface area contributed by atoms with Crippen molar-refractivity contribution in [3.63, 3.8) is 0 Å². The van der Waals surface area contributed by atoms with E-state index in [1.54, 1.807) is 38.6 Å². The zero-order valence-corrected chi connectivity index (χ0v) is 29.4. The first-order valence-corrected chi connectivity index (χ1v) is 15.5. The highest BCUT2D eigenvalue weighted by Gasteiger charge is 2.38. The van der Waals surface area contributed by atoms with Crippen molar-refractivity contribution in [2.24, 2.45) is 0 Å². The molecule has 0 saturated carbocycles. The number of carbonyl (C=O) groups excluding carboxylic acids is 1. The lowest BCUT2D eigenvalue weighted by molar-refractivity contribution is -0.192. The van der Waals surface area contributed by atoms with Gasteiger partial charge in [0.15, 0.2) is 11.6 Å². The molecule has 4 rings (SSSR count). The van der Waals surface area contributed by atoms with Gasteiger partial charge in [-0.1, -0.05) is 43.1 Å². The molecule has 0 atom stereocenters. The van der Waals surface area contributed by atoms with Crippen LogP contribution in [-0.2, 0) is 16.8 Å². The van der Waals surface area contributed by atoms with Gasteiger partial charge in [0.05, 0.1) is 23.4 Å². The van der Waals surface area contributed by atoms with Gasteiger partial charge in [-0.3, -0.25) is 9.36 Å². The average Bonchev–Trinajstić information content (AvgIpc) is 3.49. The lowest BCUT2D eigenvalue weighted by atomic mass is 9.81. The molecule has 0 aliphatic heterocycles. The number of likely N-dealkylation sites (N-methyl/N-ethyl adjacent to an activating group) is 2. The number of hydrogen-bond acceptors (Lipinski definition) is 6. The smallest absolute Gasteiger partial charge is 0.490 e. The maximum atomic E-state index is 15.3. The zero-order valence-electron chi connectivity index (χ0n) is 27.9. The summed E-state index contributed by atoms with van der Waals surface area (Å²) in [6.07, 6.45) is -3.36. The van der Waals surface area contributed by atoms with Crippen molar-refractivity contribution in [3.8, 4) is 17.2 Å². The molecular formula is C34H35Cl2F5N4O5. The van der Waals surface area contributed by atoms with Gasteiger partial charge in [-0.2, -0.15) is 13.2 Å². The first-order valence-electron chi connectivity index (χ1n) is 14.8. The number of halogens is 7. The number of amides is 1. The Kier molecular flexibility index (Phi) is 13.2. The fraction of sp³-hybridized carbons (Fsp3) is 0.324. The van der Waals surface area contributed by atoms with Gasteiger partial charge in [0.2, 0.25) is 0 Å². The Bertz CT molecular complexity index is 1810. The molecule has 9 nitrogen and oxygen atoms in total. The third-order valence-electron chi connectivity index (χ3n) is 7.54. The maximum absolute atomic E-state index is 15.3. The van der Waals surface area contributed by atoms with Gasteiger partial charge in [0.1, 0.15) is 28.9 Å². The molecule has 0 bridgehead atoms. The molecule has 0 saturated heterocycles. The summed E-state index contributed by atoms with van der Waals surface area (Å²) in [4.78, 5) is 29.7. The highest BCUT2D eigenvalue weighted by molar-refractivity contribution is 6.32. The average molecular weight is 746 g/mol. The Labute approximate surface area is 295 Å². The summed E-state index contributed by atoms with van der Waals surface area (Å²) in [5.41, 5.74) is 1.59. The number of hydrogen-bond donors (Lipinski definition) is 1. The first-order chi connectivity index (χ1) is 23.3. The van der Waals surface area contributed by atoms with E-state index in [2.05, 4.69) is 4.98 Å². The predicted octanol–water partition coefficient (Wildman–Crippen LogP) is 7.64. The van der Waals surface area contributed by atoms with Crippen molar-refractivity contribution in [2.45, 2.75) is 32.0 Å². The van der Waals surface area contributed by atoms with Crippen molar-refractivity contribution in [1.82, 2.24) is 19.4 Å². The Morgan fingerprint density at radius 3 is 2.12 bits per heavy atom. The van der Waals surface area contributed by atoms with Crippen LogP contribution in [-0.4, -0.2) is 83.9 Å². The number of rotatable bonds is 11. The highest BCUT2D eigenvalue weighted by Crippen LogP contribution is 2.38. The molecule has 0 aliphatic carbocycles. The largest absolute Gasteiger partial charge is 0.495 e. The summed E-state index contributed by atoms with van der Waals surface area (Å²) < 4.78 is 74.1. The number of imidazole rings is 1. The summed E-state index contributed by atoms with van der Waals surface area (Å²) in [5.74, 6) is -3.42. The standard InChI is InChI=1S/C32H34Cl2F2N4O3.C2HF3O2/c1-32(2,20-7-13-24(33)26(17-20)42-6)27-18-37-28(40(27)22-10-8-21(35)9-11-22)19-43-25-14-12-23(30(36)29(25)34)31(41)39(5)16-15-38(3)4;3-2(4,5)1(6)7/h7-14,17-18H,15-16,19H2,1-6H3;(H,6,7). The normalized spacial score (nSPS) is 11.6. The Morgan fingerprint density at radius 2 is 1.56 bits per heavy atom. The number of carboxylic acids is 1. The van der Waals surface area contributed by atoms with Gasteiger partial charge in [-0.05, 0) is 68.2 Å². The predicted molar refractivity (Wildman–Crippen MR) is 179 cm³/mol. The van der Waals surface area contributed by atoms with E-state index in [1.165, 1.54) is 29.2 Å². The van der Waals surface area contributed by atoms with Crippen LogP contribution >= 0.6 is 23.2 Å². The molecule has 3 aromatic carbocycles. The lowest BCUT2D eigenvalue weighted by Crippen LogP contribution is -2.34. The molecule has 16 heteroatoms. The second-order valence-electron chi connectivity index (χ2n) is 11.7. The van der Waals surface area contributed by atoms with Gasteiger partial charge in [0, 0.05) is 37.4 Å². The van der Waals surface area contributed by atoms with Gasteiger partial charge in [-0.25, -0.2) is 18.6 Å². The minimum absolute atomic E-state index is 0.0589. The molecule has 0 spiro atoms. The number of aromatic nitrogens is 2. The van der Waals surface area contributed by atoms with Crippen molar-refractivity contribution in [2.75, 3.05) is 41.3 Å². The van der Waals surface area contributed by atoms with Gasteiger partial charge < -0.3 is 24.4 Å². The molecule has 1 heterocycles. The van der Waals surface area contributed by atoms with Crippen LogP contribution in [0.4, 0.5) is 22.0 Å². The second kappa shape index (κ2) is 16.5. The van der Waals surface area contributed by atoms with Crippen LogP contribution in [0.2, 0.25) is 10.0 Å². The first kappa shape index (κ1) is 40.0. The van der Waals surface area contributed by atoms with Crippen molar-refractivity contribution < 1.29 is 46.1 Å². The SMILES string of the molecule is COc1cc(C(C)(C)c2cnc(COc3ccc(C(=O)N(C)CCN(C)C)c(F)c3Cl)n2-c2ccc(F)cc2)ccc1Cl.O=C(O)C(F)(F)F. The van der Waals surface area contributed by atoms with Crippen LogP contribution in [0.25, 0.3) is 5.69 Å². The number of benzene rings is 3. The van der Waals surface area contributed by atoms with Crippen molar-refractivity contribution in [3.05, 3.63) is 105 Å². The molecule has 0 unspecified atom stereocenters. The molecule has 4 aromatic rings. The van der Waals surface area contributed by atoms with Crippen LogP contribution in [0.15, 0.2) is 60.8 Å². The molecular weight excluding hydrogens is 710 g/mol. The minimum Gasteiger partial charge on any atom is -0.495 e. The van der Waals surface area contributed by atoms with E-state index in [-0.39, 0.29) is 28.8 Å². The van der Waals surface area contributed by atoms with Crippen LogP contribution in [0.5, 0.6) is 11.5 Å². The molecule has 0 radical (unpaired) electrons. The third kappa shape index (κ3) is 9.64. The van der Waals surface area contributed by atoms with E-state index in [9.17, 15) is 22.4 Å².